The summed E-state index contributed by atoms with van der Waals surface area (Å²) >= 11 is 6.72. The van der Waals surface area contributed by atoms with Crippen LogP contribution >= 0.6 is 31.9 Å². The first kappa shape index (κ1) is 19.1. The Labute approximate surface area is 172 Å². The Balaban J connectivity index is 1.85. The van der Waals surface area contributed by atoms with Crippen molar-refractivity contribution >= 4 is 55.4 Å². The number of nitrogens with one attached hydrogen (secondary N) is 2. The van der Waals surface area contributed by atoms with Crippen molar-refractivity contribution in [3.05, 3.63) is 92.9 Å². The van der Waals surface area contributed by atoms with Gasteiger partial charge in [0.25, 0.3) is 11.8 Å². The van der Waals surface area contributed by atoms with Gasteiger partial charge in [-0.15, -0.1) is 0 Å². The Morgan fingerprint density at radius 1 is 0.889 bits per heavy atom. The second-order valence-corrected chi connectivity index (χ2v) is 7.33. The smallest absolute Gasteiger partial charge is 0.291 e. The van der Waals surface area contributed by atoms with Gasteiger partial charge in [0.05, 0.1) is 6.26 Å². The first-order valence-corrected chi connectivity index (χ1v) is 9.49. The highest BCUT2D eigenvalue weighted by molar-refractivity contribution is 9.10. The molecule has 0 bridgehead atoms. The molecular formula is C20H14Br2N2O3. The predicted molar refractivity (Wildman–Crippen MR) is 111 cm³/mol. The fourth-order valence-electron chi connectivity index (χ4n) is 2.21. The minimum Gasteiger partial charge on any atom is -0.459 e. The monoisotopic (exact) mass is 488 g/mol. The van der Waals surface area contributed by atoms with E-state index < -0.39 is 11.8 Å². The molecular weight excluding hydrogens is 476 g/mol. The summed E-state index contributed by atoms with van der Waals surface area (Å²) in [5.74, 6) is -0.831. The van der Waals surface area contributed by atoms with Crippen LogP contribution in [0.4, 0.5) is 5.69 Å². The first-order valence-electron chi connectivity index (χ1n) is 7.90. The Morgan fingerprint density at radius 3 is 2.11 bits per heavy atom. The summed E-state index contributed by atoms with van der Waals surface area (Å²) in [6.07, 6.45) is 3.00. The van der Waals surface area contributed by atoms with E-state index in [1.807, 2.05) is 36.4 Å². The fraction of sp³-hybridized carbons (Fsp3) is 0. The zero-order chi connectivity index (χ0) is 19.2. The number of halogens is 2. The molecule has 27 heavy (non-hydrogen) atoms. The zero-order valence-corrected chi connectivity index (χ0v) is 17.1. The van der Waals surface area contributed by atoms with Crippen molar-refractivity contribution in [3.8, 4) is 0 Å². The van der Waals surface area contributed by atoms with Crippen LogP contribution in [-0.4, -0.2) is 11.8 Å². The molecule has 2 N–H and O–H groups in total. The largest absolute Gasteiger partial charge is 0.459 e. The Hall–Kier alpha value is -2.64. The van der Waals surface area contributed by atoms with Crippen LogP contribution in [-0.2, 0) is 4.79 Å². The molecule has 1 heterocycles. The van der Waals surface area contributed by atoms with E-state index in [0.29, 0.717) is 5.69 Å². The molecule has 3 aromatic rings. The number of hydrogen-bond donors (Lipinski definition) is 2. The molecule has 3 rings (SSSR count). The molecule has 1 aromatic heterocycles. The Bertz CT molecular complexity index is 963. The topological polar surface area (TPSA) is 71.3 Å². The SMILES string of the molecule is O=C(Nc1ccc(Br)cc1)C(=Cc1ccc(Br)cc1)NC(=O)c1ccco1. The van der Waals surface area contributed by atoms with Crippen LogP contribution < -0.4 is 10.6 Å². The third-order valence-electron chi connectivity index (χ3n) is 3.52. The van der Waals surface area contributed by atoms with Crippen LogP contribution in [0, 0.1) is 0 Å². The molecule has 0 aliphatic heterocycles. The van der Waals surface area contributed by atoms with Crippen molar-refractivity contribution < 1.29 is 14.0 Å². The summed E-state index contributed by atoms with van der Waals surface area (Å²) in [6.45, 7) is 0. The quantitative estimate of drug-likeness (QED) is 0.483. The summed E-state index contributed by atoms with van der Waals surface area (Å²) in [5.41, 5.74) is 1.47. The third-order valence-corrected chi connectivity index (χ3v) is 4.58. The molecule has 0 radical (unpaired) electrons. The maximum Gasteiger partial charge on any atom is 0.291 e. The van der Waals surface area contributed by atoms with E-state index in [1.54, 1.807) is 24.3 Å². The molecule has 7 heteroatoms. The van der Waals surface area contributed by atoms with E-state index in [-0.39, 0.29) is 11.5 Å². The van der Waals surface area contributed by atoms with Gasteiger partial charge in [-0.25, -0.2) is 0 Å². The van der Waals surface area contributed by atoms with Gasteiger partial charge in [-0.2, -0.15) is 0 Å². The molecule has 0 aliphatic carbocycles. The first-order chi connectivity index (χ1) is 13.0. The van der Waals surface area contributed by atoms with Gasteiger partial charge in [-0.05, 0) is 60.2 Å². The predicted octanol–water partition coefficient (Wildman–Crippen LogP) is 5.21. The van der Waals surface area contributed by atoms with Gasteiger partial charge in [0.1, 0.15) is 5.70 Å². The van der Waals surface area contributed by atoms with Gasteiger partial charge in [-0.1, -0.05) is 44.0 Å². The second kappa shape index (κ2) is 8.83. The van der Waals surface area contributed by atoms with Gasteiger partial charge >= 0.3 is 0 Å². The highest BCUT2D eigenvalue weighted by Crippen LogP contribution is 2.16. The number of furan rings is 1. The minimum absolute atomic E-state index is 0.0987. The summed E-state index contributed by atoms with van der Waals surface area (Å²) in [7, 11) is 0. The van der Waals surface area contributed by atoms with Gasteiger partial charge in [-0.3, -0.25) is 9.59 Å². The summed E-state index contributed by atoms with van der Waals surface area (Å²) < 4.78 is 6.91. The summed E-state index contributed by atoms with van der Waals surface area (Å²) in [4.78, 5) is 25.1. The highest BCUT2D eigenvalue weighted by Gasteiger charge is 2.16. The molecule has 0 atom stereocenters. The second-order valence-electron chi connectivity index (χ2n) is 5.50. The van der Waals surface area contributed by atoms with Crippen LogP contribution in [0.5, 0.6) is 0 Å². The molecule has 0 saturated heterocycles. The van der Waals surface area contributed by atoms with E-state index in [0.717, 1.165) is 14.5 Å². The number of anilines is 1. The lowest BCUT2D eigenvalue weighted by molar-refractivity contribution is -0.113. The number of carbonyl (C=O) groups excluding carboxylic acids is 2. The molecule has 0 aliphatic rings. The lowest BCUT2D eigenvalue weighted by atomic mass is 10.2. The van der Waals surface area contributed by atoms with E-state index in [4.69, 9.17) is 4.42 Å². The Kier molecular flexibility index (Phi) is 6.26. The van der Waals surface area contributed by atoms with E-state index >= 15 is 0 Å². The standard InChI is InChI=1S/C20H14Br2N2O3/c21-14-5-3-13(4-6-14)12-17(24-20(26)18-2-1-11-27-18)19(25)23-16-9-7-15(22)8-10-16/h1-12H,(H,23,25)(H,24,26). The number of amides is 2. The summed E-state index contributed by atoms with van der Waals surface area (Å²) in [6, 6.07) is 17.6. The number of carbonyl (C=O) groups is 2. The minimum atomic E-state index is -0.505. The van der Waals surface area contributed by atoms with Crippen molar-refractivity contribution in [3.63, 3.8) is 0 Å². The fourth-order valence-corrected chi connectivity index (χ4v) is 2.74. The zero-order valence-electron chi connectivity index (χ0n) is 13.9. The normalized spacial score (nSPS) is 11.1. The lowest BCUT2D eigenvalue weighted by Crippen LogP contribution is -2.30. The van der Waals surface area contributed by atoms with Crippen molar-refractivity contribution in [2.75, 3.05) is 5.32 Å². The van der Waals surface area contributed by atoms with Crippen molar-refractivity contribution in [1.82, 2.24) is 5.32 Å². The average Bonchev–Trinajstić information content (AvgIpc) is 3.19. The molecule has 0 unspecified atom stereocenters. The van der Waals surface area contributed by atoms with Crippen molar-refractivity contribution in [1.29, 1.82) is 0 Å². The van der Waals surface area contributed by atoms with Gasteiger partial charge in [0.15, 0.2) is 5.76 Å². The van der Waals surface area contributed by atoms with Crippen LogP contribution in [0.25, 0.3) is 6.08 Å². The van der Waals surface area contributed by atoms with E-state index in [9.17, 15) is 9.59 Å². The number of rotatable bonds is 5. The molecule has 2 aromatic carbocycles. The van der Waals surface area contributed by atoms with Gasteiger partial charge < -0.3 is 15.1 Å². The van der Waals surface area contributed by atoms with E-state index in [1.165, 1.54) is 12.3 Å². The Morgan fingerprint density at radius 2 is 1.52 bits per heavy atom. The van der Waals surface area contributed by atoms with Crippen LogP contribution in [0.3, 0.4) is 0 Å². The highest BCUT2D eigenvalue weighted by atomic mass is 79.9. The maximum absolute atomic E-state index is 12.7. The molecule has 0 saturated carbocycles. The maximum atomic E-state index is 12.7. The molecule has 5 nitrogen and oxygen atoms in total. The van der Waals surface area contributed by atoms with Crippen LogP contribution in [0.15, 0.2) is 86.0 Å². The third kappa shape index (κ3) is 5.42. The van der Waals surface area contributed by atoms with Crippen molar-refractivity contribution in [2.24, 2.45) is 0 Å². The van der Waals surface area contributed by atoms with Crippen LogP contribution in [0.1, 0.15) is 16.1 Å². The molecule has 0 spiro atoms. The number of benzene rings is 2. The lowest BCUT2D eigenvalue weighted by Gasteiger charge is -2.10. The van der Waals surface area contributed by atoms with Gasteiger partial charge in [0, 0.05) is 14.6 Å². The molecule has 2 amide bonds. The van der Waals surface area contributed by atoms with Gasteiger partial charge in [0.2, 0.25) is 0 Å². The van der Waals surface area contributed by atoms with E-state index in [2.05, 4.69) is 42.5 Å². The number of hydrogen-bond acceptors (Lipinski definition) is 3. The molecule has 136 valence electrons. The molecule has 0 fully saturated rings. The van der Waals surface area contributed by atoms with Crippen LogP contribution in [0.2, 0.25) is 0 Å². The average molecular weight is 490 g/mol. The van der Waals surface area contributed by atoms with Crippen molar-refractivity contribution in [2.45, 2.75) is 0 Å². The summed E-state index contributed by atoms with van der Waals surface area (Å²) in [5, 5.41) is 5.38.